The highest BCUT2D eigenvalue weighted by molar-refractivity contribution is 7.99. The van der Waals surface area contributed by atoms with E-state index in [0.717, 1.165) is 23.4 Å². The zero-order valence-corrected chi connectivity index (χ0v) is 12.4. The lowest BCUT2D eigenvalue weighted by atomic mass is 10.2. The van der Waals surface area contributed by atoms with Crippen molar-refractivity contribution in [3.05, 3.63) is 51.3 Å². The number of aromatic nitrogens is 2. The van der Waals surface area contributed by atoms with Crippen molar-refractivity contribution in [2.45, 2.75) is 11.7 Å². The summed E-state index contributed by atoms with van der Waals surface area (Å²) in [5, 5.41) is 12.7. The molecular weight excluding hydrogens is 314 g/mol. The van der Waals surface area contributed by atoms with Crippen LogP contribution >= 0.6 is 23.4 Å². The number of hydrogen-bond donors (Lipinski definition) is 3. The number of rotatable bonds is 5. The van der Waals surface area contributed by atoms with Crippen molar-refractivity contribution in [3.8, 4) is 5.88 Å². The number of carbonyl (C=O) groups is 1. The van der Waals surface area contributed by atoms with Gasteiger partial charge in [0, 0.05) is 11.6 Å². The van der Waals surface area contributed by atoms with Crippen LogP contribution in [-0.4, -0.2) is 26.7 Å². The van der Waals surface area contributed by atoms with Crippen molar-refractivity contribution in [1.82, 2.24) is 15.3 Å². The van der Waals surface area contributed by atoms with Gasteiger partial charge in [0.25, 0.3) is 5.56 Å². The number of H-pyrrole nitrogens is 1. The van der Waals surface area contributed by atoms with Crippen LogP contribution < -0.4 is 10.9 Å². The van der Waals surface area contributed by atoms with E-state index in [9.17, 15) is 14.7 Å². The van der Waals surface area contributed by atoms with E-state index in [1.807, 2.05) is 12.1 Å². The summed E-state index contributed by atoms with van der Waals surface area (Å²) in [5.74, 6) is -0.497. The van der Waals surface area contributed by atoms with Crippen molar-refractivity contribution >= 4 is 29.3 Å². The minimum absolute atomic E-state index is 0.0833. The first-order chi connectivity index (χ1) is 10.0. The number of amides is 1. The number of halogens is 1. The predicted molar refractivity (Wildman–Crippen MR) is 80.5 cm³/mol. The fourth-order valence-electron chi connectivity index (χ4n) is 1.48. The van der Waals surface area contributed by atoms with E-state index in [1.54, 1.807) is 12.1 Å². The van der Waals surface area contributed by atoms with Gasteiger partial charge in [-0.25, -0.2) is 0 Å². The van der Waals surface area contributed by atoms with Crippen LogP contribution in [0.3, 0.4) is 0 Å². The molecule has 8 heteroatoms. The number of benzene rings is 1. The third kappa shape index (κ3) is 5.13. The van der Waals surface area contributed by atoms with E-state index in [1.165, 1.54) is 0 Å². The number of aromatic hydroxyl groups is 1. The third-order valence-corrected chi connectivity index (χ3v) is 3.57. The summed E-state index contributed by atoms with van der Waals surface area (Å²) in [6, 6.07) is 8.11. The van der Waals surface area contributed by atoms with Crippen molar-refractivity contribution < 1.29 is 9.90 Å². The molecule has 2 rings (SSSR count). The molecule has 110 valence electrons. The van der Waals surface area contributed by atoms with Crippen LogP contribution in [-0.2, 0) is 11.3 Å². The number of carbonyl (C=O) groups excluding carboxylic acids is 1. The summed E-state index contributed by atoms with van der Waals surface area (Å²) in [5.41, 5.74) is 0.466. The Balaban J connectivity index is 1.82. The van der Waals surface area contributed by atoms with Gasteiger partial charge in [0.05, 0.1) is 11.8 Å². The second kappa shape index (κ2) is 7.14. The molecule has 1 amide bonds. The Kier molecular flexibility index (Phi) is 5.24. The molecule has 3 N–H and O–H groups in total. The molecule has 0 spiro atoms. The van der Waals surface area contributed by atoms with Crippen molar-refractivity contribution in [2.75, 3.05) is 5.75 Å². The number of hydrogen-bond acceptors (Lipinski definition) is 5. The second-order valence-electron chi connectivity index (χ2n) is 4.10. The number of aromatic amines is 1. The van der Waals surface area contributed by atoms with Crippen LogP contribution in [0.4, 0.5) is 0 Å². The van der Waals surface area contributed by atoms with E-state index in [-0.39, 0.29) is 22.7 Å². The maximum atomic E-state index is 11.7. The molecule has 0 atom stereocenters. The lowest BCUT2D eigenvalue weighted by molar-refractivity contribution is -0.118. The Bertz CT molecular complexity index is 688. The van der Waals surface area contributed by atoms with Gasteiger partial charge in [-0.05, 0) is 17.7 Å². The first-order valence-electron chi connectivity index (χ1n) is 5.97. The SMILES string of the molecule is O=C(CSc1nc(O)cc(=O)[nH]1)NCc1ccc(Cl)cc1. The maximum absolute atomic E-state index is 11.7. The molecule has 0 fully saturated rings. The van der Waals surface area contributed by atoms with Crippen molar-refractivity contribution in [2.24, 2.45) is 0 Å². The fourth-order valence-corrected chi connectivity index (χ4v) is 2.31. The normalized spacial score (nSPS) is 10.3. The summed E-state index contributed by atoms with van der Waals surface area (Å²) < 4.78 is 0. The van der Waals surface area contributed by atoms with E-state index in [4.69, 9.17) is 11.6 Å². The van der Waals surface area contributed by atoms with E-state index in [2.05, 4.69) is 15.3 Å². The molecule has 1 heterocycles. The molecule has 1 aromatic heterocycles. The van der Waals surface area contributed by atoms with Crippen molar-refractivity contribution in [1.29, 1.82) is 0 Å². The van der Waals surface area contributed by atoms with Gasteiger partial charge in [-0.15, -0.1) is 0 Å². The zero-order chi connectivity index (χ0) is 15.2. The summed E-state index contributed by atoms with van der Waals surface area (Å²) in [4.78, 5) is 28.9. The summed E-state index contributed by atoms with van der Waals surface area (Å²) >= 11 is 6.81. The van der Waals surface area contributed by atoms with Gasteiger partial charge in [0.2, 0.25) is 11.8 Å². The molecule has 0 aliphatic rings. The molecule has 0 unspecified atom stereocenters. The molecule has 21 heavy (non-hydrogen) atoms. The first kappa shape index (κ1) is 15.4. The van der Waals surface area contributed by atoms with Gasteiger partial charge in [0.1, 0.15) is 0 Å². The zero-order valence-electron chi connectivity index (χ0n) is 10.8. The fraction of sp³-hybridized carbons (Fsp3) is 0.154. The number of thioether (sulfide) groups is 1. The Labute approximate surface area is 129 Å². The first-order valence-corrected chi connectivity index (χ1v) is 7.33. The standard InChI is InChI=1S/C13H12ClN3O3S/c14-9-3-1-8(2-4-9)6-15-12(20)7-21-13-16-10(18)5-11(19)17-13/h1-5H,6-7H2,(H,15,20)(H2,16,17,18,19). The lowest BCUT2D eigenvalue weighted by Gasteiger charge is -2.05. The van der Waals surface area contributed by atoms with Gasteiger partial charge >= 0.3 is 0 Å². The summed E-state index contributed by atoms with van der Waals surface area (Å²) in [6.07, 6.45) is 0. The van der Waals surface area contributed by atoms with Crippen LogP contribution in [0.1, 0.15) is 5.56 Å². The summed E-state index contributed by atoms with van der Waals surface area (Å²) in [7, 11) is 0. The highest BCUT2D eigenvalue weighted by atomic mass is 35.5. The highest BCUT2D eigenvalue weighted by Gasteiger charge is 2.06. The Morgan fingerprint density at radius 2 is 2.10 bits per heavy atom. The monoisotopic (exact) mass is 325 g/mol. The van der Waals surface area contributed by atoms with Crippen LogP contribution in [0, 0.1) is 0 Å². The third-order valence-electron chi connectivity index (χ3n) is 2.45. The number of nitrogens with one attached hydrogen (secondary N) is 2. The Morgan fingerprint density at radius 1 is 1.38 bits per heavy atom. The van der Waals surface area contributed by atoms with Crippen LogP contribution in [0.25, 0.3) is 0 Å². The average molecular weight is 326 g/mol. The van der Waals surface area contributed by atoms with Crippen LogP contribution in [0.15, 0.2) is 40.3 Å². The summed E-state index contributed by atoms with van der Waals surface area (Å²) in [6.45, 7) is 0.389. The van der Waals surface area contributed by atoms with Gasteiger partial charge in [-0.2, -0.15) is 4.98 Å². The lowest BCUT2D eigenvalue weighted by Crippen LogP contribution is -2.24. The van der Waals surface area contributed by atoms with E-state index >= 15 is 0 Å². The molecular formula is C13H12ClN3O3S. The minimum atomic E-state index is -0.466. The van der Waals surface area contributed by atoms with Gasteiger partial charge in [-0.3, -0.25) is 9.59 Å². The van der Waals surface area contributed by atoms with Crippen LogP contribution in [0.2, 0.25) is 5.02 Å². The maximum Gasteiger partial charge on any atom is 0.255 e. The molecule has 1 aromatic carbocycles. The number of nitrogens with zero attached hydrogens (tertiary/aromatic N) is 1. The minimum Gasteiger partial charge on any atom is -0.493 e. The second-order valence-corrected chi connectivity index (χ2v) is 5.50. The highest BCUT2D eigenvalue weighted by Crippen LogP contribution is 2.13. The quantitative estimate of drug-likeness (QED) is 0.572. The molecule has 0 aliphatic heterocycles. The smallest absolute Gasteiger partial charge is 0.255 e. The van der Waals surface area contributed by atoms with E-state index < -0.39 is 5.56 Å². The Hall–Kier alpha value is -1.99. The predicted octanol–water partition coefficient (Wildman–Crippen LogP) is 1.54. The Morgan fingerprint density at radius 3 is 2.76 bits per heavy atom. The van der Waals surface area contributed by atoms with Crippen LogP contribution in [0.5, 0.6) is 5.88 Å². The average Bonchev–Trinajstić information content (AvgIpc) is 2.43. The molecule has 0 aliphatic carbocycles. The molecule has 2 aromatic rings. The molecule has 0 bridgehead atoms. The molecule has 6 nitrogen and oxygen atoms in total. The molecule has 0 saturated carbocycles. The van der Waals surface area contributed by atoms with Crippen molar-refractivity contribution in [3.63, 3.8) is 0 Å². The van der Waals surface area contributed by atoms with Gasteiger partial charge < -0.3 is 15.4 Å². The largest absolute Gasteiger partial charge is 0.493 e. The molecule has 0 radical (unpaired) electrons. The topological polar surface area (TPSA) is 95.1 Å². The van der Waals surface area contributed by atoms with Gasteiger partial charge in [-0.1, -0.05) is 35.5 Å². The van der Waals surface area contributed by atoms with E-state index in [0.29, 0.717) is 11.6 Å². The van der Waals surface area contributed by atoms with Gasteiger partial charge in [0.15, 0.2) is 5.16 Å². The molecule has 0 saturated heterocycles.